The van der Waals surface area contributed by atoms with Crippen molar-refractivity contribution in [1.82, 2.24) is 24.4 Å². The summed E-state index contributed by atoms with van der Waals surface area (Å²) in [6, 6.07) is 0. The van der Waals surface area contributed by atoms with Gasteiger partial charge in [-0.3, -0.25) is 14.2 Å². The highest BCUT2D eigenvalue weighted by atomic mass is 16.2. The van der Waals surface area contributed by atoms with Crippen LogP contribution < -0.4 is 10.9 Å². The summed E-state index contributed by atoms with van der Waals surface area (Å²) in [6.07, 6.45) is 5.69. The second kappa shape index (κ2) is 6.52. The Labute approximate surface area is 134 Å². The van der Waals surface area contributed by atoms with E-state index in [2.05, 4.69) is 15.3 Å². The average molecular weight is 317 g/mol. The van der Waals surface area contributed by atoms with Crippen LogP contribution in [0.2, 0.25) is 0 Å². The van der Waals surface area contributed by atoms with E-state index in [0.717, 1.165) is 31.6 Å². The summed E-state index contributed by atoms with van der Waals surface area (Å²) in [5.41, 5.74) is 0.780. The fourth-order valence-electron chi connectivity index (χ4n) is 2.87. The van der Waals surface area contributed by atoms with Gasteiger partial charge in [0, 0.05) is 19.5 Å². The number of fused-ring (bicyclic) bond motifs is 3. The molecule has 0 spiro atoms. The minimum Gasteiger partial charge on any atom is -0.354 e. The number of aryl methyl sites for hydroxylation is 2. The lowest BCUT2D eigenvalue weighted by molar-refractivity contribution is -0.121. The lowest BCUT2D eigenvalue weighted by atomic mass is 10.2. The predicted octanol–water partition coefficient (Wildman–Crippen LogP) is 1.09. The van der Waals surface area contributed by atoms with Crippen molar-refractivity contribution in [3.05, 3.63) is 22.5 Å². The van der Waals surface area contributed by atoms with Gasteiger partial charge >= 0.3 is 0 Å². The molecule has 1 amide bonds. The van der Waals surface area contributed by atoms with E-state index in [0.29, 0.717) is 23.6 Å². The van der Waals surface area contributed by atoms with Crippen LogP contribution in [0.4, 0.5) is 0 Å². The van der Waals surface area contributed by atoms with E-state index in [-0.39, 0.29) is 18.0 Å². The molecule has 0 fully saturated rings. The molecule has 7 nitrogen and oxygen atoms in total. The van der Waals surface area contributed by atoms with Crippen LogP contribution in [0, 0.1) is 5.92 Å². The number of amides is 1. The van der Waals surface area contributed by atoms with Gasteiger partial charge in [0.25, 0.3) is 5.56 Å². The predicted molar refractivity (Wildman–Crippen MR) is 87.2 cm³/mol. The molecule has 7 heteroatoms. The second-order valence-corrected chi connectivity index (χ2v) is 6.54. The summed E-state index contributed by atoms with van der Waals surface area (Å²) in [7, 11) is 0. The third-order valence-corrected chi connectivity index (χ3v) is 4.11. The van der Waals surface area contributed by atoms with Gasteiger partial charge in [-0.05, 0) is 18.8 Å². The molecule has 0 radical (unpaired) electrons. The van der Waals surface area contributed by atoms with Crippen molar-refractivity contribution in [2.45, 2.75) is 52.6 Å². The van der Waals surface area contributed by atoms with Crippen LogP contribution in [0.1, 0.15) is 38.9 Å². The maximum Gasteiger partial charge on any atom is 0.282 e. The highest BCUT2D eigenvalue weighted by molar-refractivity contribution is 5.76. The van der Waals surface area contributed by atoms with Gasteiger partial charge in [-0.2, -0.15) is 0 Å². The first-order chi connectivity index (χ1) is 11.1. The minimum absolute atomic E-state index is 0.0172. The number of hydrogen-bond donors (Lipinski definition) is 1. The van der Waals surface area contributed by atoms with Crippen LogP contribution in [0.5, 0.6) is 0 Å². The number of carbonyl (C=O) groups is 1. The number of imidazole rings is 1. The molecule has 1 aliphatic heterocycles. The number of rotatable bonds is 4. The number of nitrogens with zero attached hydrogens (tertiary/aromatic N) is 4. The van der Waals surface area contributed by atoms with Crippen molar-refractivity contribution in [1.29, 1.82) is 0 Å². The zero-order valence-corrected chi connectivity index (χ0v) is 13.7. The number of hydrogen-bond acceptors (Lipinski definition) is 4. The van der Waals surface area contributed by atoms with Crippen molar-refractivity contribution >= 4 is 17.1 Å². The SMILES string of the molecule is CC(C)CNC(=O)Cn1cnc2c(nc3n2CCCCC3)c1=O. The molecule has 2 aromatic rings. The van der Waals surface area contributed by atoms with Crippen molar-refractivity contribution in [2.75, 3.05) is 6.54 Å². The zero-order chi connectivity index (χ0) is 16.4. The molecule has 0 unspecified atom stereocenters. The maximum absolute atomic E-state index is 12.6. The van der Waals surface area contributed by atoms with Crippen molar-refractivity contribution in [3.8, 4) is 0 Å². The molecular weight excluding hydrogens is 294 g/mol. The lowest BCUT2D eigenvalue weighted by Crippen LogP contribution is -2.34. The standard InChI is InChI=1S/C16H23N5O2/c1-11(2)8-17-13(22)9-20-10-18-15-14(16(20)23)19-12-6-4-3-5-7-21(12)15/h10-11H,3-9H2,1-2H3,(H,17,22). The third kappa shape index (κ3) is 3.28. The van der Waals surface area contributed by atoms with E-state index in [1.54, 1.807) is 0 Å². The van der Waals surface area contributed by atoms with Gasteiger partial charge in [0.05, 0.1) is 0 Å². The average Bonchev–Trinajstić information content (AvgIpc) is 2.71. The normalized spacial score (nSPS) is 14.7. The highest BCUT2D eigenvalue weighted by Crippen LogP contribution is 2.18. The maximum atomic E-state index is 12.6. The van der Waals surface area contributed by atoms with Gasteiger partial charge in [0.2, 0.25) is 5.91 Å². The van der Waals surface area contributed by atoms with Crippen LogP contribution in [0.15, 0.2) is 11.1 Å². The first kappa shape index (κ1) is 15.7. The second-order valence-electron chi connectivity index (χ2n) is 6.54. The van der Waals surface area contributed by atoms with E-state index in [4.69, 9.17) is 0 Å². The Morgan fingerprint density at radius 3 is 2.96 bits per heavy atom. The molecule has 124 valence electrons. The van der Waals surface area contributed by atoms with Crippen LogP contribution in [0.3, 0.4) is 0 Å². The Balaban J connectivity index is 1.88. The first-order valence-electron chi connectivity index (χ1n) is 8.27. The molecule has 0 aliphatic carbocycles. The Kier molecular flexibility index (Phi) is 4.45. The smallest absolute Gasteiger partial charge is 0.282 e. The molecule has 3 heterocycles. The molecule has 0 saturated heterocycles. The zero-order valence-electron chi connectivity index (χ0n) is 13.7. The van der Waals surface area contributed by atoms with Crippen LogP contribution in [-0.4, -0.2) is 31.6 Å². The van der Waals surface area contributed by atoms with Gasteiger partial charge in [-0.1, -0.05) is 20.3 Å². The van der Waals surface area contributed by atoms with Crippen molar-refractivity contribution < 1.29 is 4.79 Å². The van der Waals surface area contributed by atoms with Crippen LogP contribution in [-0.2, 0) is 24.3 Å². The molecule has 0 bridgehead atoms. The van der Waals surface area contributed by atoms with E-state index in [9.17, 15) is 9.59 Å². The van der Waals surface area contributed by atoms with E-state index < -0.39 is 0 Å². The lowest BCUT2D eigenvalue weighted by Gasteiger charge is -2.09. The molecule has 1 N–H and O–H groups in total. The minimum atomic E-state index is -0.240. The number of carbonyl (C=O) groups excluding carboxylic acids is 1. The fourth-order valence-corrected chi connectivity index (χ4v) is 2.87. The summed E-state index contributed by atoms with van der Waals surface area (Å²) in [5, 5.41) is 2.81. The Morgan fingerprint density at radius 1 is 1.35 bits per heavy atom. The summed E-state index contributed by atoms with van der Waals surface area (Å²) in [4.78, 5) is 33.4. The van der Waals surface area contributed by atoms with Gasteiger partial charge < -0.3 is 9.88 Å². The van der Waals surface area contributed by atoms with E-state index in [1.807, 2.05) is 18.4 Å². The third-order valence-electron chi connectivity index (χ3n) is 4.11. The molecular formula is C16H23N5O2. The monoisotopic (exact) mass is 317 g/mol. The molecule has 1 aliphatic rings. The molecule has 0 atom stereocenters. The summed E-state index contributed by atoms with van der Waals surface area (Å²) in [6.45, 7) is 5.49. The highest BCUT2D eigenvalue weighted by Gasteiger charge is 2.18. The van der Waals surface area contributed by atoms with Crippen molar-refractivity contribution in [3.63, 3.8) is 0 Å². The molecule has 0 aromatic carbocycles. The van der Waals surface area contributed by atoms with Crippen molar-refractivity contribution in [2.24, 2.45) is 5.92 Å². The van der Waals surface area contributed by atoms with Crippen LogP contribution >= 0.6 is 0 Å². The van der Waals surface area contributed by atoms with E-state index in [1.165, 1.54) is 17.3 Å². The van der Waals surface area contributed by atoms with Gasteiger partial charge in [0.15, 0.2) is 11.2 Å². The van der Waals surface area contributed by atoms with Gasteiger partial charge in [-0.25, -0.2) is 9.97 Å². The molecule has 0 saturated carbocycles. The Morgan fingerprint density at radius 2 is 2.17 bits per heavy atom. The van der Waals surface area contributed by atoms with Gasteiger partial charge in [-0.15, -0.1) is 0 Å². The van der Waals surface area contributed by atoms with Gasteiger partial charge in [0.1, 0.15) is 18.7 Å². The Bertz CT molecular complexity index is 775. The largest absolute Gasteiger partial charge is 0.354 e. The topological polar surface area (TPSA) is 81.8 Å². The molecule has 23 heavy (non-hydrogen) atoms. The summed E-state index contributed by atoms with van der Waals surface area (Å²) in [5.74, 6) is 1.13. The first-order valence-corrected chi connectivity index (χ1v) is 8.27. The Hall–Kier alpha value is -2.18. The van der Waals surface area contributed by atoms with Crippen LogP contribution in [0.25, 0.3) is 11.2 Å². The number of aromatic nitrogens is 4. The summed E-state index contributed by atoms with van der Waals surface area (Å²) < 4.78 is 3.39. The van der Waals surface area contributed by atoms with E-state index >= 15 is 0 Å². The fraction of sp³-hybridized carbons (Fsp3) is 0.625. The molecule has 3 rings (SSSR count). The molecule has 2 aromatic heterocycles. The number of nitrogens with one attached hydrogen (secondary N) is 1. The summed E-state index contributed by atoms with van der Waals surface area (Å²) >= 11 is 0. The quantitative estimate of drug-likeness (QED) is 0.915.